The molecule has 0 amide bonds. The van der Waals surface area contributed by atoms with Crippen molar-refractivity contribution in [2.24, 2.45) is 0 Å². The Hall–Kier alpha value is -1.76. The van der Waals surface area contributed by atoms with E-state index >= 15 is 0 Å². The zero-order chi connectivity index (χ0) is 16.1. The van der Waals surface area contributed by atoms with Gasteiger partial charge in [-0.1, -0.05) is 40.2 Å². The Labute approximate surface area is 138 Å². The zero-order valence-electron chi connectivity index (χ0n) is 12.4. The number of nitrogens with one attached hydrogen (secondary N) is 2. The van der Waals surface area contributed by atoms with E-state index in [2.05, 4.69) is 45.8 Å². The summed E-state index contributed by atoms with van der Waals surface area (Å²) in [6.45, 7) is 4.07. The van der Waals surface area contributed by atoms with Crippen LogP contribution >= 0.6 is 15.9 Å². The second-order valence-electron chi connectivity index (χ2n) is 5.13. The van der Waals surface area contributed by atoms with Gasteiger partial charge in [-0.05, 0) is 37.1 Å². The van der Waals surface area contributed by atoms with Crippen LogP contribution in [0.2, 0.25) is 0 Å². The fourth-order valence-corrected chi connectivity index (χ4v) is 2.32. The van der Waals surface area contributed by atoms with Crippen LogP contribution in [0.1, 0.15) is 37.1 Å². The first-order chi connectivity index (χ1) is 10.5. The molecular weight excluding hydrogens is 346 g/mol. The van der Waals surface area contributed by atoms with Crippen LogP contribution in [-0.4, -0.2) is 4.92 Å². The molecule has 2 aromatic rings. The molecule has 2 atom stereocenters. The molecular formula is C16H18BrN3O2. The van der Waals surface area contributed by atoms with Gasteiger partial charge >= 0.3 is 0 Å². The quantitative estimate of drug-likeness (QED) is 0.593. The lowest BCUT2D eigenvalue weighted by Crippen LogP contribution is -2.36. The van der Waals surface area contributed by atoms with Crippen molar-refractivity contribution in [2.75, 3.05) is 0 Å². The maximum absolute atomic E-state index is 10.7. The summed E-state index contributed by atoms with van der Waals surface area (Å²) in [6.07, 6.45) is 0. The summed E-state index contributed by atoms with van der Waals surface area (Å²) in [5, 5.41) is 10.7. The van der Waals surface area contributed by atoms with Crippen molar-refractivity contribution in [3.05, 3.63) is 74.2 Å². The molecule has 6 heteroatoms. The molecule has 0 aromatic heterocycles. The Kier molecular flexibility index (Phi) is 5.65. The van der Waals surface area contributed by atoms with Crippen molar-refractivity contribution in [1.29, 1.82) is 0 Å². The SMILES string of the molecule is CC(NNC(C)c1ccc([N+](=O)[O-])cc1)c1ccc(Br)cc1. The standard InChI is InChI=1S/C16H18BrN3O2/c1-11(13-3-7-15(17)8-4-13)18-19-12(2)14-5-9-16(10-6-14)20(21)22/h3-12,18-19H,1-2H3. The van der Waals surface area contributed by atoms with Crippen LogP contribution in [0.15, 0.2) is 53.0 Å². The molecule has 0 fully saturated rings. The van der Waals surface area contributed by atoms with Gasteiger partial charge in [-0.3, -0.25) is 21.0 Å². The first kappa shape index (κ1) is 16.6. The molecule has 0 heterocycles. The molecule has 0 aliphatic carbocycles. The van der Waals surface area contributed by atoms with Gasteiger partial charge in [0.2, 0.25) is 0 Å². The van der Waals surface area contributed by atoms with Crippen molar-refractivity contribution in [2.45, 2.75) is 25.9 Å². The summed E-state index contributed by atoms with van der Waals surface area (Å²) in [5.74, 6) is 0. The van der Waals surface area contributed by atoms with E-state index in [0.29, 0.717) is 0 Å². The van der Waals surface area contributed by atoms with Crippen molar-refractivity contribution in [3.8, 4) is 0 Å². The number of rotatable bonds is 6. The monoisotopic (exact) mass is 363 g/mol. The highest BCUT2D eigenvalue weighted by Crippen LogP contribution is 2.19. The molecule has 2 N–H and O–H groups in total. The first-order valence-electron chi connectivity index (χ1n) is 6.98. The number of hydrazine groups is 1. The van der Waals surface area contributed by atoms with E-state index in [1.807, 2.05) is 19.1 Å². The maximum Gasteiger partial charge on any atom is 0.269 e. The number of hydrogen-bond donors (Lipinski definition) is 2. The summed E-state index contributed by atoms with van der Waals surface area (Å²) in [6, 6.07) is 14.9. The van der Waals surface area contributed by atoms with Gasteiger partial charge in [0, 0.05) is 28.7 Å². The molecule has 5 nitrogen and oxygen atoms in total. The molecule has 0 saturated carbocycles. The van der Waals surface area contributed by atoms with Crippen LogP contribution < -0.4 is 10.9 Å². The van der Waals surface area contributed by atoms with E-state index in [1.165, 1.54) is 17.7 Å². The molecule has 0 radical (unpaired) electrons. The molecule has 2 aromatic carbocycles. The predicted molar refractivity (Wildman–Crippen MR) is 90.3 cm³/mol. The first-order valence-corrected chi connectivity index (χ1v) is 7.77. The molecule has 116 valence electrons. The highest BCUT2D eigenvalue weighted by Gasteiger charge is 2.10. The smallest absolute Gasteiger partial charge is 0.258 e. The predicted octanol–water partition coefficient (Wildman–Crippen LogP) is 4.27. The topological polar surface area (TPSA) is 67.2 Å². The van der Waals surface area contributed by atoms with Crippen molar-refractivity contribution >= 4 is 21.6 Å². The molecule has 22 heavy (non-hydrogen) atoms. The van der Waals surface area contributed by atoms with Crippen LogP contribution in [0.5, 0.6) is 0 Å². The van der Waals surface area contributed by atoms with Gasteiger partial charge in [0.25, 0.3) is 5.69 Å². The molecule has 0 bridgehead atoms. The normalized spacial score (nSPS) is 13.6. The van der Waals surface area contributed by atoms with Crippen molar-refractivity contribution in [1.82, 2.24) is 10.9 Å². The van der Waals surface area contributed by atoms with Gasteiger partial charge < -0.3 is 0 Å². The Balaban J connectivity index is 1.92. The number of hydrogen-bond acceptors (Lipinski definition) is 4. The highest BCUT2D eigenvalue weighted by molar-refractivity contribution is 9.10. The third kappa shape index (κ3) is 4.37. The average molecular weight is 364 g/mol. The van der Waals surface area contributed by atoms with Gasteiger partial charge in [0.05, 0.1) is 4.92 Å². The Bertz CT molecular complexity index is 629. The minimum Gasteiger partial charge on any atom is -0.258 e. The number of nitro groups is 1. The maximum atomic E-state index is 10.7. The van der Waals surface area contributed by atoms with Crippen molar-refractivity contribution < 1.29 is 4.92 Å². The Morgan fingerprint density at radius 2 is 1.32 bits per heavy atom. The fraction of sp³-hybridized carbons (Fsp3) is 0.250. The van der Waals surface area contributed by atoms with E-state index in [1.54, 1.807) is 12.1 Å². The molecule has 2 unspecified atom stereocenters. The lowest BCUT2D eigenvalue weighted by atomic mass is 10.1. The summed E-state index contributed by atoms with van der Waals surface area (Å²) in [4.78, 5) is 10.3. The number of halogens is 1. The number of nitro benzene ring substituents is 1. The minimum absolute atomic E-state index is 0.0405. The van der Waals surface area contributed by atoms with Gasteiger partial charge in [-0.25, -0.2) is 0 Å². The third-order valence-electron chi connectivity index (χ3n) is 3.49. The molecule has 0 spiro atoms. The summed E-state index contributed by atoms with van der Waals surface area (Å²) in [5.41, 5.74) is 8.75. The van der Waals surface area contributed by atoms with E-state index in [0.717, 1.165) is 10.0 Å². The minimum atomic E-state index is -0.393. The lowest BCUT2D eigenvalue weighted by Gasteiger charge is -2.20. The number of benzene rings is 2. The van der Waals surface area contributed by atoms with Gasteiger partial charge in [0.1, 0.15) is 0 Å². The van der Waals surface area contributed by atoms with Crippen LogP contribution in [0, 0.1) is 10.1 Å². The van der Waals surface area contributed by atoms with E-state index in [4.69, 9.17) is 0 Å². The van der Waals surface area contributed by atoms with Gasteiger partial charge in [-0.2, -0.15) is 0 Å². The Morgan fingerprint density at radius 3 is 1.73 bits per heavy atom. The van der Waals surface area contributed by atoms with E-state index in [-0.39, 0.29) is 17.8 Å². The van der Waals surface area contributed by atoms with Crippen LogP contribution in [0.3, 0.4) is 0 Å². The Morgan fingerprint density at radius 1 is 0.909 bits per heavy atom. The highest BCUT2D eigenvalue weighted by atomic mass is 79.9. The summed E-state index contributed by atoms with van der Waals surface area (Å²) >= 11 is 3.42. The van der Waals surface area contributed by atoms with E-state index < -0.39 is 4.92 Å². The fourth-order valence-electron chi connectivity index (χ4n) is 2.05. The number of nitrogens with zero attached hydrogens (tertiary/aromatic N) is 1. The van der Waals surface area contributed by atoms with Crippen LogP contribution in [0.4, 0.5) is 5.69 Å². The van der Waals surface area contributed by atoms with Crippen molar-refractivity contribution in [3.63, 3.8) is 0 Å². The second kappa shape index (κ2) is 7.49. The third-order valence-corrected chi connectivity index (χ3v) is 4.02. The molecule has 0 aliphatic rings. The summed E-state index contributed by atoms with van der Waals surface area (Å²) < 4.78 is 1.05. The van der Waals surface area contributed by atoms with Crippen LogP contribution in [-0.2, 0) is 0 Å². The zero-order valence-corrected chi connectivity index (χ0v) is 14.0. The second-order valence-corrected chi connectivity index (χ2v) is 6.05. The summed E-state index contributed by atoms with van der Waals surface area (Å²) in [7, 11) is 0. The van der Waals surface area contributed by atoms with Gasteiger partial charge in [0.15, 0.2) is 0 Å². The average Bonchev–Trinajstić information content (AvgIpc) is 2.53. The largest absolute Gasteiger partial charge is 0.269 e. The van der Waals surface area contributed by atoms with Crippen LogP contribution in [0.25, 0.3) is 0 Å². The van der Waals surface area contributed by atoms with E-state index in [9.17, 15) is 10.1 Å². The molecule has 2 rings (SSSR count). The van der Waals surface area contributed by atoms with Gasteiger partial charge in [-0.15, -0.1) is 0 Å². The molecule has 0 saturated heterocycles. The number of non-ortho nitro benzene ring substituents is 1. The molecule has 0 aliphatic heterocycles. The lowest BCUT2D eigenvalue weighted by molar-refractivity contribution is -0.384.